The number of carbonyl (C=O) groups is 1. The van der Waals surface area contributed by atoms with Crippen molar-refractivity contribution in [3.63, 3.8) is 0 Å². The van der Waals surface area contributed by atoms with E-state index in [-0.39, 0.29) is 17.9 Å². The Morgan fingerprint density at radius 3 is 2.56 bits per heavy atom. The number of hydrogen-bond acceptors (Lipinski definition) is 4. The summed E-state index contributed by atoms with van der Waals surface area (Å²) in [6, 6.07) is 15.3. The Balaban J connectivity index is 2.09. The number of para-hydroxylation sites is 1. The summed E-state index contributed by atoms with van der Waals surface area (Å²) in [6.07, 6.45) is 1.30. The third-order valence-electron chi connectivity index (χ3n) is 4.66. The highest BCUT2D eigenvalue weighted by molar-refractivity contribution is 7.99. The Bertz CT molecular complexity index is 1010. The molecule has 140 valence electrons. The monoisotopic (exact) mass is 381 g/mol. The zero-order valence-corrected chi connectivity index (χ0v) is 16.3. The number of amides is 1. The molecule has 1 atom stereocenters. The molecule has 0 spiro atoms. The highest BCUT2D eigenvalue weighted by Crippen LogP contribution is 2.24. The van der Waals surface area contributed by atoms with Crippen molar-refractivity contribution in [1.29, 1.82) is 0 Å². The lowest BCUT2D eigenvalue weighted by Crippen LogP contribution is -2.22. The fourth-order valence-electron chi connectivity index (χ4n) is 2.87. The molecule has 0 unspecified atom stereocenters. The molecule has 1 amide bonds. The van der Waals surface area contributed by atoms with Gasteiger partial charge in [-0.2, -0.15) is 0 Å². The van der Waals surface area contributed by atoms with E-state index in [0.29, 0.717) is 27.7 Å². The molecule has 2 aromatic carbocycles. The lowest BCUT2D eigenvalue weighted by Gasteiger charge is -2.15. The average molecular weight is 382 g/mol. The molecule has 0 fully saturated rings. The van der Waals surface area contributed by atoms with Crippen LogP contribution in [0.3, 0.4) is 0 Å². The number of nitrogens with zero attached hydrogens (tertiary/aromatic N) is 2. The standard InChI is InChI=1S/C21H23N3O2S/c1-3-14(2)15-8-10-16(11-9-15)24-20(26)17-6-4-5-7-18(17)23-21(24)27-13-12-19(22)25/h4-11,14H,3,12-13H2,1-2H3,(H2,22,25)/t14-/m0/s1. The van der Waals surface area contributed by atoms with Crippen LogP contribution in [0.1, 0.15) is 38.2 Å². The summed E-state index contributed by atoms with van der Waals surface area (Å²) in [7, 11) is 0. The summed E-state index contributed by atoms with van der Waals surface area (Å²) in [6.45, 7) is 4.34. The van der Waals surface area contributed by atoms with Gasteiger partial charge in [0.2, 0.25) is 5.91 Å². The first-order valence-electron chi connectivity index (χ1n) is 9.04. The van der Waals surface area contributed by atoms with Crippen LogP contribution < -0.4 is 11.3 Å². The summed E-state index contributed by atoms with van der Waals surface area (Å²) in [5.41, 5.74) is 7.79. The third kappa shape index (κ3) is 4.22. The van der Waals surface area contributed by atoms with Crippen LogP contribution in [-0.4, -0.2) is 21.2 Å². The summed E-state index contributed by atoms with van der Waals surface area (Å²) in [5.74, 6) is 0.579. The van der Waals surface area contributed by atoms with Gasteiger partial charge in [0.25, 0.3) is 5.56 Å². The predicted molar refractivity (Wildman–Crippen MR) is 111 cm³/mol. The van der Waals surface area contributed by atoms with Gasteiger partial charge in [-0.3, -0.25) is 14.2 Å². The minimum atomic E-state index is -0.366. The van der Waals surface area contributed by atoms with Gasteiger partial charge < -0.3 is 5.73 Å². The highest BCUT2D eigenvalue weighted by Gasteiger charge is 2.14. The van der Waals surface area contributed by atoms with Crippen LogP contribution >= 0.6 is 11.8 Å². The first kappa shape index (κ1) is 19.2. The number of hydrogen-bond donors (Lipinski definition) is 1. The molecule has 0 aliphatic carbocycles. The van der Waals surface area contributed by atoms with Crippen molar-refractivity contribution in [3.05, 3.63) is 64.4 Å². The predicted octanol–water partition coefficient (Wildman–Crippen LogP) is 3.87. The first-order valence-corrected chi connectivity index (χ1v) is 10.0. The van der Waals surface area contributed by atoms with Crippen LogP contribution in [0.2, 0.25) is 0 Å². The quantitative estimate of drug-likeness (QED) is 0.498. The number of primary amides is 1. The largest absolute Gasteiger partial charge is 0.370 e. The maximum atomic E-state index is 13.1. The minimum absolute atomic E-state index is 0.113. The molecule has 6 heteroatoms. The number of fused-ring (bicyclic) bond motifs is 1. The van der Waals surface area contributed by atoms with Gasteiger partial charge in [-0.25, -0.2) is 4.98 Å². The van der Waals surface area contributed by atoms with E-state index in [9.17, 15) is 9.59 Å². The third-order valence-corrected chi connectivity index (χ3v) is 5.60. The Morgan fingerprint density at radius 2 is 1.89 bits per heavy atom. The summed E-state index contributed by atoms with van der Waals surface area (Å²) in [5, 5.41) is 1.14. The summed E-state index contributed by atoms with van der Waals surface area (Å²) >= 11 is 1.37. The van der Waals surface area contributed by atoms with E-state index in [1.807, 2.05) is 30.3 Å². The molecule has 0 saturated heterocycles. The second kappa shape index (κ2) is 8.39. The minimum Gasteiger partial charge on any atom is -0.370 e. The van der Waals surface area contributed by atoms with Crippen molar-refractivity contribution in [3.8, 4) is 5.69 Å². The van der Waals surface area contributed by atoms with E-state index in [1.54, 1.807) is 10.6 Å². The SMILES string of the molecule is CC[C@H](C)c1ccc(-n2c(SCCC(N)=O)nc3ccccc3c2=O)cc1. The van der Waals surface area contributed by atoms with Crippen LogP contribution in [0.5, 0.6) is 0 Å². The van der Waals surface area contributed by atoms with E-state index < -0.39 is 0 Å². The van der Waals surface area contributed by atoms with Crippen LogP contribution in [0.4, 0.5) is 0 Å². The van der Waals surface area contributed by atoms with Crippen molar-refractivity contribution in [1.82, 2.24) is 9.55 Å². The molecule has 0 bridgehead atoms. The zero-order chi connectivity index (χ0) is 19.4. The van der Waals surface area contributed by atoms with Crippen molar-refractivity contribution in [2.45, 2.75) is 37.8 Å². The van der Waals surface area contributed by atoms with Gasteiger partial charge in [-0.05, 0) is 42.2 Å². The number of rotatable bonds is 7. The van der Waals surface area contributed by atoms with E-state index >= 15 is 0 Å². The molecular weight excluding hydrogens is 358 g/mol. The highest BCUT2D eigenvalue weighted by atomic mass is 32.2. The number of aromatic nitrogens is 2. The lowest BCUT2D eigenvalue weighted by molar-refractivity contribution is -0.117. The molecule has 0 aliphatic heterocycles. The van der Waals surface area contributed by atoms with Gasteiger partial charge in [0.05, 0.1) is 16.6 Å². The normalized spacial score (nSPS) is 12.2. The number of nitrogens with two attached hydrogens (primary N) is 1. The van der Waals surface area contributed by atoms with Crippen LogP contribution in [0.15, 0.2) is 58.5 Å². The summed E-state index contributed by atoms with van der Waals surface area (Å²) in [4.78, 5) is 28.9. The Kier molecular flexibility index (Phi) is 5.96. The van der Waals surface area contributed by atoms with Crippen LogP contribution in [-0.2, 0) is 4.79 Å². The number of carbonyl (C=O) groups excluding carboxylic acids is 1. The second-order valence-corrected chi connectivity index (χ2v) is 7.58. The summed E-state index contributed by atoms with van der Waals surface area (Å²) < 4.78 is 1.62. The topological polar surface area (TPSA) is 78.0 Å². The van der Waals surface area contributed by atoms with Crippen molar-refractivity contribution in [2.24, 2.45) is 5.73 Å². The second-order valence-electron chi connectivity index (χ2n) is 6.52. The number of benzene rings is 2. The Hall–Kier alpha value is -2.60. The van der Waals surface area contributed by atoms with Crippen molar-refractivity contribution < 1.29 is 4.79 Å². The molecule has 0 saturated carbocycles. The van der Waals surface area contributed by atoms with E-state index in [4.69, 9.17) is 5.73 Å². The van der Waals surface area contributed by atoms with Gasteiger partial charge >= 0.3 is 0 Å². The van der Waals surface area contributed by atoms with E-state index in [0.717, 1.165) is 12.1 Å². The maximum Gasteiger partial charge on any atom is 0.266 e. The molecule has 1 aromatic heterocycles. The van der Waals surface area contributed by atoms with Gasteiger partial charge in [0, 0.05) is 12.2 Å². The van der Waals surface area contributed by atoms with Gasteiger partial charge in [-0.1, -0.05) is 49.9 Å². The lowest BCUT2D eigenvalue weighted by atomic mass is 9.98. The number of thioether (sulfide) groups is 1. The van der Waals surface area contributed by atoms with Crippen LogP contribution in [0, 0.1) is 0 Å². The Morgan fingerprint density at radius 1 is 1.19 bits per heavy atom. The molecule has 3 aromatic rings. The van der Waals surface area contributed by atoms with Gasteiger partial charge in [0.1, 0.15) is 0 Å². The Labute approximate surface area is 162 Å². The average Bonchev–Trinajstić information content (AvgIpc) is 2.67. The van der Waals surface area contributed by atoms with E-state index in [1.165, 1.54) is 17.3 Å². The van der Waals surface area contributed by atoms with Crippen molar-refractivity contribution >= 4 is 28.6 Å². The molecule has 3 rings (SSSR count). The molecule has 27 heavy (non-hydrogen) atoms. The van der Waals surface area contributed by atoms with Crippen molar-refractivity contribution in [2.75, 3.05) is 5.75 Å². The van der Waals surface area contributed by atoms with Gasteiger partial charge in [0.15, 0.2) is 5.16 Å². The maximum absolute atomic E-state index is 13.1. The molecule has 0 radical (unpaired) electrons. The zero-order valence-electron chi connectivity index (χ0n) is 15.5. The molecule has 2 N–H and O–H groups in total. The van der Waals surface area contributed by atoms with Crippen LogP contribution in [0.25, 0.3) is 16.6 Å². The molecule has 1 heterocycles. The molecule has 0 aliphatic rings. The smallest absolute Gasteiger partial charge is 0.266 e. The molecule has 5 nitrogen and oxygen atoms in total. The van der Waals surface area contributed by atoms with Gasteiger partial charge in [-0.15, -0.1) is 0 Å². The molecular formula is C21H23N3O2S. The first-order chi connectivity index (χ1) is 13.0. The fourth-order valence-corrected chi connectivity index (χ4v) is 3.83. The fraction of sp³-hybridized carbons (Fsp3) is 0.286. The van der Waals surface area contributed by atoms with E-state index in [2.05, 4.69) is 31.0 Å².